The van der Waals surface area contributed by atoms with E-state index in [2.05, 4.69) is 4.98 Å². The Kier molecular flexibility index (Phi) is 5.81. The minimum Gasteiger partial charge on any atom is -0.493 e. The Morgan fingerprint density at radius 1 is 0.958 bits per heavy atom. The second-order valence-corrected chi connectivity index (χ2v) is 7.27. The van der Waals surface area contributed by atoms with Gasteiger partial charge in [0.2, 0.25) is 0 Å². The first-order valence-corrected chi connectivity index (χ1v) is 7.62. The van der Waals surface area contributed by atoms with Gasteiger partial charge in [-0.1, -0.05) is 0 Å². The molecule has 0 aromatic carbocycles. The molecule has 0 spiro atoms. The number of aromatic nitrogens is 1. The lowest BCUT2D eigenvalue weighted by Crippen LogP contribution is -2.44. The summed E-state index contributed by atoms with van der Waals surface area (Å²) in [5, 5.41) is 0. The van der Waals surface area contributed by atoms with E-state index in [1.54, 1.807) is 60.6 Å². The summed E-state index contributed by atoms with van der Waals surface area (Å²) < 4.78 is 15.9. The molecule has 0 aliphatic rings. The van der Waals surface area contributed by atoms with E-state index < -0.39 is 23.4 Å². The number of aryl methyl sites for hydroxylation is 1. The molecular weight excluding hydrogens is 312 g/mol. The second-order valence-electron chi connectivity index (χ2n) is 7.27. The van der Waals surface area contributed by atoms with Gasteiger partial charge in [0.1, 0.15) is 11.2 Å². The van der Waals surface area contributed by atoms with Gasteiger partial charge in [-0.2, -0.15) is 4.90 Å². The molecule has 0 aliphatic heterocycles. The maximum Gasteiger partial charge on any atom is 0.425 e. The Morgan fingerprint density at radius 3 is 1.79 bits per heavy atom. The topological polar surface area (TPSA) is 78.0 Å². The van der Waals surface area contributed by atoms with Gasteiger partial charge in [0.25, 0.3) is 0 Å². The number of hydrogen-bond donors (Lipinski definition) is 0. The molecule has 1 rings (SSSR count). The molecule has 1 heterocycles. The molecule has 0 bridgehead atoms. The van der Waals surface area contributed by atoms with E-state index in [-0.39, 0.29) is 11.6 Å². The standard InChI is InChI=1S/C17H26N2O5/c1-11-9-10-12(22-8)13(18-11)19(14(20)23-16(2,3)4)15(21)24-17(5,6)7/h9-10H,1-8H3. The first-order chi connectivity index (χ1) is 10.8. The van der Waals surface area contributed by atoms with Crippen molar-refractivity contribution in [1.29, 1.82) is 0 Å². The average molecular weight is 338 g/mol. The van der Waals surface area contributed by atoms with Gasteiger partial charge >= 0.3 is 12.2 Å². The van der Waals surface area contributed by atoms with Crippen molar-refractivity contribution < 1.29 is 23.8 Å². The van der Waals surface area contributed by atoms with E-state index in [0.717, 1.165) is 4.90 Å². The maximum absolute atomic E-state index is 12.6. The second kappa shape index (κ2) is 7.07. The highest BCUT2D eigenvalue weighted by atomic mass is 16.6. The molecule has 0 saturated carbocycles. The number of hydrogen-bond acceptors (Lipinski definition) is 6. The minimum absolute atomic E-state index is 0.0287. The molecule has 0 fully saturated rings. The lowest BCUT2D eigenvalue weighted by Gasteiger charge is -2.28. The fraction of sp³-hybridized carbons (Fsp3) is 0.588. The van der Waals surface area contributed by atoms with E-state index >= 15 is 0 Å². The van der Waals surface area contributed by atoms with E-state index in [1.807, 2.05) is 0 Å². The van der Waals surface area contributed by atoms with Gasteiger partial charge in [-0.3, -0.25) is 0 Å². The van der Waals surface area contributed by atoms with Crippen molar-refractivity contribution in [2.24, 2.45) is 0 Å². The van der Waals surface area contributed by atoms with Crippen LogP contribution in [0.1, 0.15) is 47.2 Å². The van der Waals surface area contributed by atoms with Crippen LogP contribution in [0.15, 0.2) is 12.1 Å². The smallest absolute Gasteiger partial charge is 0.425 e. The van der Waals surface area contributed by atoms with E-state index in [0.29, 0.717) is 5.69 Å². The van der Waals surface area contributed by atoms with Crippen LogP contribution in [-0.2, 0) is 9.47 Å². The highest BCUT2D eigenvalue weighted by Crippen LogP contribution is 2.29. The number of carbonyl (C=O) groups excluding carboxylic acids is 2. The summed E-state index contributed by atoms with van der Waals surface area (Å²) in [7, 11) is 1.43. The van der Waals surface area contributed by atoms with Gasteiger partial charge in [0, 0.05) is 5.69 Å². The first-order valence-electron chi connectivity index (χ1n) is 7.62. The molecule has 1 aromatic rings. The van der Waals surface area contributed by atoms with Gasteiger partial charge in [0.15, 0.2) is 11.6 Å². The third kappa shape index (κ3) is 5.72. The first kappa shape index (κ1) is 19.7. The normalized spacial score (nSPS) is 11.7. The summed E-state index contributed by atoms with van der Waals surface area (Å²) >= 11 is 0. The zero-order chi connectivity index (χ0) is 18.7. The van der Waals surface area contributed by atoms with Crippen molar-refractivity contribution in [1.82, 2.24) is 4.98 Å². The van der Waals surface area contributed by atoms with Crippen LogP contribution in [0.2, 0.25) is 0 Å². The van der Waals surface area contributed by atoms with E-state index in [9.17, 15) is 9.59 Å². The Labute approximate surface area is 142 Å². The number of carbonyl (C=O) groups is 2. The van der Waals surface area contributed by atoms with Crippen molar-refractivity contribution in [3.05, 3.63) is 17.8 Å². The minimum atomic E-state index is -0.881. The van der Waals surface area contributed by atoms with Gasteiger partial charge < -0.3 is 14.2 Å². The SMILES string of the molecule is COc1ccc(C)nc1N(C(=O)OC(C)(C)C)C(=O)OC(C)(C)C. The zero-order valence-corrected chi connectivity index (χ0v) is 15.6. The van der Waals surface area contributed by atoms with Crippen molar-refractivity contribution in [2.75, 3.05) is 12.0 Å². The molecule has 0 radical (unpaired) electrons. The predicted octanol–water partition coefficient (Wildman–Crippen LogP) is 4.08. The van der Waals surface area contributed by atoms with Crippen molar-refractivity contribution >= 4 is 18.0 Å². The molecule has 0 aliphatic carbocycles. The van der Waals surface area contributed by atoms with Crippen LogP contribution in [0.25, 0.3) is 0 Å². The van der Waals surface area contributed by atoms with Gasteiger partial charge in [-0.25, -0.2) is 14.6 Å². The zero-order valence-electron chi connectivity index (χ0n) is 15.6. The summed E-state index contributed by atoms with van der Waals surface area (Å²) in [5.41, 5.74) is -0.953. The number of anilines is 1. The molecule has 24 heavy (non-hydrogen) atoms. The quantitative estimate of drug-likeness (QED) is 0.808. The summed E-state index contributed by atoms with van der Waals surface area (Å²) in [5.74, 6) is 0.290. The lowest BCUT2D eigenvalue weighted by atomic mass is 10.2. The van der Waals surface area contributed by atoms with E-state index in [1.165, 1.54) is 7.11 Å². The van der Waals surface area contributed by atoms with Gasteiger partial charge in [0.05, 0.1) is 7.11 Å². The molecule has 0 N–H and O–H groups in total. The Balaban J connectivity index is 3.35. The number of amides is 2. The highest BCUT2D eigenvalue weighted by molar-refractivity contribution is 6.09. The Hall–Kier alpha value is -2.31. The number of ether oxygens (including phenoxy) is 3. The van der Waals surface area contributed by atoms with Crippen LogP contribution >= 0.6 is 0 Å². The molecular formula is C17H26N2O5. The van der Waals surface area contributed by atoms with Crippen LogP contribution < -0.4 is 9.64 Å². The summed E-state index contributed by atoms with van der Waals surface area (Å²) in [4.78, 5) is 30.1. The van der Waals surface area contributed by atoms with Crippen LogP contribution in [-0.4, -0.2) is 35.5 Å². The highest BCUT2D eigenvalue weighted by Gasteiger charge is 2.35. The maximum atomic E-state index is 12.6. The van der Waals surface area contributed by atoms with Crippen LogP contribution in [0.4, 0.5) is 15.4 Å². The molecule has 2 amide bonds. The summed E-state index contributed by atoms with van der Waals surface area (Å²) in [6, 6.07) is 3.34. The third-order valence-electron chi connectivity index (χ3n) is 2.56. The fourth-order valence-electron chi connectivity index (χ4n) is 1.71. The lowest BCUT2D eigenvalue weighted by molar-refractivity contribution is 0.0427. The van der Waals surface area contributed by atoms with Crippen LogP contribution in [0, 0.1) is 6.92 Å². The number of methoxy groups -OCH3 is 1. The number of rotatable bonds is 2. The molecule has 134 valence electrons. The van der Waals surface area contributed by atoms with Crippen LogP contribution in [0.5, 0.6) is 5.75 Å². The number of nitrogens with zero attached hydrogens (tertiary/aromatic N) is 2. The third-order valence-corrected chi connectivity index (χ3v) is 2.56. The van der Waals surface area contributed by atoms with Crippen molar-refractivity contribution in [2.45, 2.75) is 59.7 Å². The molecule has 0 atom stereocenters. The summed E-state index contributed by atoms with van der Waals surface area (Å²) in [6.45, 7) is 12.0. The Bertz CT molecular complexity index is 586. The Morgan fingerprint density at radius 2 is 1.42 bits per heavy atom. The molecule has 7 heteroatoms. The molecule has 7 nitrogen and oxygen atoms in total. The van der Waals surface area contributed by atoms with Crippen LogP contribution in [0.3, 0.4) is 0 Å². The molecule has 1 aromatic heterocycles. The van der Waals surface area contributed by atoms with E-state index in [4.69, 9.17) is 14.2 Å². The van der Waals surface area contributed by atoms with Crippen molar-refractivity contribution in [3.8, 4) is 5.75 Å². The number of pyridine rings is 1. The monoisotopic (exact) mass is 338 g/mol. The predicted molar refractivity (Wildman–Crippen MR) is 90.5 cm³/mol. The fourth-order valence-corrected chi connectivity index (χ4v) is 1.71. The molecule has 0 unspecified atom stereocenters. The average Bonchev–Trinajstić information content (AvgIpc) is 2.34. The summed E-state index contributed by atoms with van der Waals surface area (Å²) in [6.07, 6.45) is -1.76. The van der Waals surface area contributed by atoms with Gasteiger partial charge in [-0.05, 0) is 60.6 Å². The number of imide groups is 1. The van der Waals surface area contributed by atoms with Crippen molar-refractivity contribution in [3.63, 3.8) is 0 Å². The van der Waals surface area contributed by atoms with Gasteiger partial charge in [-0.15, -0.1) is 0 Å². The largest absolute Gasteiger partial charge is 0.493 e. The molecule has 0 saturated heterocycles.